The zero-order chi connectivity index (χ0) is 27.9. The van der Waals surface area contributed by atoms with Crippen LogP contribution in [-0.2, 0) is 25.6 Å². The predicted octanol–water partition coefficient (Wildman–Crippen LogP) is 2.78. The average Bonchev–Trinajstić information content (AvgIpc) is 3.43. The molecule has 2 saturated carbocycles. The number of hydrogen-bond acceptors (Lipinski definition) is 5. The summed E-state index contributed by atoms with van der Waals surface area (Å²) in [6.07, 6.45) is 12.8. The highest BCUT2D eigenvalue weighted by atomic mass is 16.5. The van der Waals surface area contributed by atoms with Crippen molar-refractivity contribution in [3.05, 3.63) is 42.0 Å². The number of amides is 4. The maximum absolute atomic E-state index is 13.6. The zero-order valence-electron chi connectivity index (χ0n) is 23.2. The van der Waals surface area contributed by atoms with Crippen LogP contribution < -0.4 is 20.7 Å². The number of nitrogens with zero attached hydrogens (tertiary/aromatic N) is 1. The maximum Gasteiger partial charge on any atom is 0.243 e. The summed E-state index contributed by atoms with van der Waals surface area (Å²) in [5, 5.41) is 8.77. The van der Waals surface area contributed by atoms with Crippen molar-refractivity contribution in [3.63, 3.8) is 0 Å². The minimum absolute atomic E-state index is 0.107. The second-order valence-electron chi connectivity index (χ2n) is 11.7. The van der Waals surface area contributed by atoms with Gasteiger partial charge < -0.3 is 25.6 Å². The molecule has 0 aromatic heterocycles. The van der Waals surface area contributed by atoms with E-state index in [-0.39, 0.29) is 49.1 Å². The molecule has 1 aromatic rings. The zero-order valence-corrected chi connectivity index (χ0v) is 23.2. The van der Waals surface area contributed by atoms with Gasteiger partial charge in [0.25, 0.3) is 0 Å². The molecular formula is C31H42N4O5. The van der Waals surface area contributed by atoms with Crippen molar-refractivity contribution in [2.45, 2.75) is 101 Å². The van der Waals surface area contributed by atoms with Crippen molar-refractivity contribution in [1.82, 2.24) is 20.9 Å². The molecule has 3 atom stereocenters. The Kier molecular flexibility index (Phi) is 9.39. The van der Waals surface area contributed by atoms with E-state index in [9.17, 15) is 19.2 Å². The highest BCUT2D eigenvalue weighted by Gasteiger charge is 2.41. The fraction of sp³-hybridized carbons (Fsp3) is 0.613. The minimum Gasteiger partial charge on any atom is -0.490 e. The third-order valence-corrected chi connectivity index (χ3v) is 8.57. The molecule has 9 nitrogen and oxygen atoms in total. The van der Waals surface area contributed by atoms with Crippen LogP contribution in [0.1, 0.15) is 76.2 Å². The molecule has 1 aromatic carbocycles. The Labute approximate surface area is 236 Å². The first-order valence-corrected chi connectivity index (χ1v) is 15.0. The number of benzene rings is 1. The van der Waals surface area contributed by atoms with Gasteiger partial charge in [-0.05, 0) is 75.0 Å². The van der Waals surface area contributed by atoms with E-state index in [0.717, 1.165) is 56.9 Å². The van der Waals surface area contributed by atoms with E-state index in [1.165, 1.54) is 0 Å². The molecule has 40 heavy (non-hydrogen) atoms. The van der Waals surface area contributed by atoms with Crippen molar-refractivity contribution in [2.24, 2.45) is 5.92 Å². The number of hydrogen-bond donors (Lipinski definition) is 3. The van der Waals surface area contributed by atoms with Crippen LogP contribution in [0.2, 0.25) is 0 Å². The first-order valence-electron chi connectivity index (χ1n) is 15.0. The van der Waals surface area contributed by atoms with Gasteiger partial charge >= 0.3 is 0 Å². The number of rotatable bonds is 5. The summed E-state index contributed by atoms with van der Waals surface area (Å²) in [6.45, 7) is 1.02. The van der Waals surface area contributed by atoms with Gasteiger partial charge in [-0.25, -0.2) is 0 Å². The van der Waals surface area contributed by atoms with Gasteiger partial charge in [-0.15, -0.1) is 0 Å². The number of carbonyl (C=O) groups excluding carboxylic acids is 4. The first-order chi connectivity index (χ1) is 19.5. The monoisotopic (exact) mass is 550 g/mol. The van der Waals surface area contributed by atoms with Crippen LogP contribution in [-0.4, -0.2) is 65.8 Å². The van der Waals surface area contributed by atoms with Crippen LogP contribution in [0.15, 0.2) is 36.4 Å². The topological polar surface area (TPSA) is 117 Å². The lowest BCUT2D eigenvalue weighted by molar-refractivity contribution is -0.137. The number of fused-ring (bicyclic) bond motifs is 2. The van der Waals surface area contributed by atoms with E-state index in [4.69, 9.17) is 4.74 Å². The maximum atomic E-state index is 13.6. The summed E-state index contributed by atoms with van der Waals surface area (Å²) < 4.78 is 5.82. The van der Waals surface area contributed by atoms with E-state index >= 15 is 0 Å². The molecule has 2 heterocycles. The summed E-state index contributed by atoms with van der Waals surface area (Å²) in [4.78, 5) is 55.2. The molecule has 4 aliphatic rings. The third-order valence-electron chi connectivity index (χ3n) is 8.57. The Morgan fingerprint density at radius 2 is 1.80 bits per heavy atom. The molecule has 1 saturated heterocycles. The SMILES string of the molecule is O=C1CCc2cccc(c2)OC/C=C/C[C@@H](C(=O)NC2CCCC2)NC(=O)[C@H](CC(=O)N2CCCC2C2CC2)N1. The van der Waals surface area contributed by atoms with Crippen molar-refractivity contribution in [1.29, 1.82) is 0 Å². The van der Waals surface area contributed by atoms with Gasteiger partial charge in [-0.3, -0.25) is 19.2 Å². The lowest BCUT2D eigenvalue weighted by Crippen LogP contribution is -2.55. The van der Waals surface area contributed by atoms with Crippen molar-refractivity contribution >= 4 is 23.6 Å². The van der Waals surface area contributed by atoms with Gasteiger partial charge in [-0.2, -0.15) is 0 Å². The molecule has 0 spiro atoms. The normalized spacial score (nSPS) is 27.4. The Morgan fingerprint density at radius 1 is 0.975 bits per heavy atom. The van der Waals surface area contributed by atoms with Crippen LogP contribution in [0.3, 0.4) is 0 Å². The quantitative estimate of drug-likeness (QED) is 0.488. The van der Waals surface area contributed by atoms with E-state index in [0.29, 0.717) is 31.2 Å². The molecule has 2 aliphatic heterocycles. The van der Waals surface area contributed by atoms with E-state index < -0.39 is 18.0 Å². The Balaban J connectivity index is 1.33. The molecule has 2 bridgehead atoms. The molecule has 0 radical (unpaired) electrons. The highest BCUT2D eigenvalue weighted by Crippen LogP contribution is 2.40. The van der Waals surface area contributed by atoms with E-state index in [1.807, 2.05) is 41.3 Å². The van der Waals surface area contributed by atoms with Crippen LogP contribution in [0, 0.1) is 5.92 Å². The first kappa shape index (κ1) is 28.2. The number of ether oxygens (including phenoxy) is 1. The number of aryl methyl sites for hydroxylation is 1. The fourth-order valence-corrected chi connectivity index (χ4v) is 6.21. The van der Waals surface area contributed by atoms with Crippen LogP contribution >= 0.6 is 0 Å². The van der Waals surface area contributed by atoms with E-state index in [1.54, 1.807) is 0 Å². The number of carbonyl (C=O) groups is 4. The largest absolute Gasteiger partial charge is 0.490 e. The second-order valence-corrected chi connectivity index (χ2v) is 11.7. The highest BCUT2D eigenvalue weighted by molar-refractivity contribution is 5.95. The second kappa shape index (κ2) is 13.3. The molecule has 216 valence electrons. The van der Waals surface area contributed by atoms with Gasteiger partial charge in [0.1, 0.15) is 24.4 Å². The van der Waals surface area contributed by atoms with Crippen molar-refractivity contribution in [3.8, 4) is 5.75 Å². The van der Waals surface area contributed by atoms with Gasteiger partial charge in [0.2, 0.25) is 23.6 Å². The predicted molar refractivity (Wildman–Crippen MR) is 150 cm³/mol. The summed E-state index contributed by atoms with van der Waals surface area (Å²) in [5.74, 6) is 0.0951. The number of nitrogens with one attached hydrogen (secondary N) is 3. The van der Waals surface area contributed by atoms with Crippen LogP contribution in [0.25, 0.3) is 0 Å². The molecule has 4 amide bonds. The summed E-state index contributed by atoms with van der Waals surface area (Å²) >= 11 is 0. The van der Waals surface area contributed by atoms with Crippen LogP contribution in [0.4, 0.5) is 0 Å². The number of likely N-dealkylation sites (tertiary alicyclic amines) is 1. The van der Waals surface area contributed by atoms with Gasteiger partial charge in [0, 0.05) is 25.0 Å². The van der Waals surface area contributed by atoms with E-state index in [2.05, 4.69) is 16.0 Å². The summed E-state index contributed by atoms with van der Waals surface area (Å²) in [5.41, 5.74) is 0.953. The molecular weight excluding hydrogens is 508 g/mol. The minimum atomic E-state index is -1.05. The molecule has 3 fully saturated rings. The smallest absolute Gasteiger partial charge is 0.243 e. The Bertz CT molecular complexity index is 1110. The van der Waals surface area contributed by atoms with Crippen molar-refractivity contribution < 1.29 is 23.9 Å². The van der Waals surface area contributed by atoms with Gasteiger partial charge in [0.15, 0.2) is 0 Å². The third kappa shape index (κ3) is 7.64. The van der Waals surface area contributed by atoms with Gasteiger partial charge in [-0.1, -0.05) is 37.1 Å². The lowest BCUT2D eigenvalue weighted by Gasteiger charge is -2.28. The average molecular weight is 551 g/mol. The van der Waals surface area contributed by atoms with Crippen LogP contribution in [0.5, 0.6) is 5.75 Å². The fourth-order valence-electron chi connectivity index (χ4n) is 6.21. The molecule has 1 unspecified atom stereocenters. The molecule has 5 rings (SSSR count). The Hall–Kier alpha value is -3.36. The molecule has 3 N–H and O–H groups in total. The Morgan fingerprint density at radius 3 is 2.60 bits per heavy atom. The summed E-state index contributed by atoms with van der Waals surface area (Å²) in [7, 11) is 0. The summed E-state index contributed by atoms with van der Waals surface area (Å²) in [6, 6.07) is 6.08. The standard InChI is InChI=1S/C31H42N4O5/c36-28-16-13-21-7-5-10-24(19-21)40-18-4-3-11-25(30(38)32-23-8-1-2-9-23)34-31(39)26(33-28)20-29(37)35-17-6-12-27(35)22-14-15-22/h3-5,7,10,19,22-23,25-27H,1-2,6,8-9,11-18,20H2,(H,32,38)(H,33,36)(H,34,39)/b4-3+/t25-,26-,27?/m0/s1. The molecule has 2 aliphatic carbocycles. The van der Waals surface area contributed by atoms with Crippen molar-refractivity contribution in [2.75, 3.05) is 13.2 Å². The molecule has 9 heteroatoms. The lowest BCUT2D eigenvalue weighted by atomic mass is 10.1. The van der Waals surface area contributed by atoms with Gasteiger partial charge in [0.05, 0.1) is 6.42 Å².